The predicted octanol–water partition coefficient (Wildman–Crippen LogP) is 10.3. The van der Waals surface area contributed by atoms with Crippen molar-refractivity contribution in [1.29, 1.82) is 0 Å². The topological polar surface area (TPSA) is 74.6 Å². The fraction of sp³-hybridized carbons (Fsp3) is 0.943. The molecule has 1 amide bonds. The van der Waals surface area contributed by atoms with E-state index in [0.717, 1.165) is 32.1 Å². The lowest BCUT2D eigenvalue weighted by molar-refractivity contribution is -1.08. The Labute approximate surface area is 249 Å². The van der Waals surface area contributed by atoms with Crippen molar-refractivity contribution in [1.82, 2.24) is 0 Å². The highest BCUT2D eigenvalue weighted by Crippen LogP contribution is 2.23. The Bertz CT molecular complexity index is 608. The summed E-state index contributed by atoms with van der Waals surface area (Å²) in [6, 6.07) is 0. The second kappa shape index (κ2) is 25.9. The van der Waals surface area contributed by atoms with Crippen LogP contribution in [0, 0.1) is 11.8 Å². The highest BCUT2D eigenvalue weighted by atomic mass is 16.6. The van der Waals surface area contributed by atoms with Gasteiger partial charge in [0.05, 0.1) is 12.3 Å². The lowest BCUT2D eigenvalue weighted by atomic mass is 9.98. The minimum absolute atomic E-state index is 0.0346. The third-order valence-corrected chi connectivity index (χ3v) is 8.59. The summed E-state index contributed by atoms with van der Waals surface area (Å²) >= 11 is 0. The summed E-state index contributed by atoms with van der Waals surface area (Å²) < 4.78 is -1.03. The van der Waals surface area contributed by atoms with Crippen molar-refractivity contribution in [2.24, 2.45) is 11.8 Å². The number of carbonyl (C=O) groups is 2. The molecule has 3 atom stereocenters. The molecule has 0 aliphatic heterocycles. The first-order valence-corrected chi connectivity index (χ1v) is 17.5. The van der Waals surface area contributed by atoms with Crippen LogP contribution in [0.25, 0.3) is 0 Å². The second-order valence-corrected chi connectivity index (χ2v) is 13.0. The van der Waals surface area contributed by atoms with Crippen molar-refractivity contribution in [3.63, 3.8) is 0 Å². The number of hydroxylamine groups is 3. The van der Waals surface area contributed by atoms with Gasteiger partial charge in [0.15, 0.2) is 0 Å². The molecule has 5 nitrogen and oxygen atoms in total. The molecule has 0 aromatic heterocycles. The molecular formula is C35H70NO4+. The molecule has 0 saturated heterocycles. The van der Waals surface area contributed by atoms with Gasteiger partial charge in [-0.1, -0.05) is 161 Å². The smallest absolute Gasteiger partial charge is 0.342 e. The van der Waals surface area contributed by atoms with Crippen molar-refractivity contribution in [3.05, 3.63) is 0 Å². The third-order valence-electron chi connectivity index (χ3n) is 8.59. The summed E-state index contributed by atoms with van der Waals surface area (Å²) in [6.45, 7) is 9.87. The number of Topliss-reactive ketones (excluding diaryl/α,β-unsaturated/α-hetero) is 1. The number of carbonyl (C=O) groups excluding carboxylic acids is 2. The van der Waals surface area contributed by atoms with Gasteiger partial charge in [-0.25, -0.2) is 10.0 Å². The van der Waals surface area contributed by atoms with Gasteiger partial charge in [-0.2, -0.15) is 0 Å². The maximum atomic E-state index is 13.1. The summed E-state index contributed by atoms with van der Waals surface area (Å²) in [5.41, 5.74) is 0. The summed E-state index contributed by atoms with van der Waals surface area (Å²) in [4.78, 5) is 26.0. The molecule has 0 aliphatic carbocycles. The monoisotopic (exact) mass is 569 g/mol. The number of amides is 1. The van der Waals surface area contributed by atoms with E-state index < -0.39 is 16.8 Å². The number of rotatable bonds is 29. The van der Waals surface area contributed by atoms with Gasteiger partial charge in [-0.3, -0.25) is 4.79 Å². The number of aliphatic hydroxyl groups is 1. The zero-order valence-corrected chi connectivity index (χ0v) is 27.6. The molecule has 238 valence electrons. The Kier molecular flexibility index (Phi) is 25.4. The maximum Gasteiger partial charge on any atom is 0.347 e. The summed E-state index contributed by atoms with van der Waals surface area (Å²) in [7, 11) is 0. The van der Waals surface area contributed by atoms with Crippen LogP contribution in [0.5, 0.6) is 0 Å². The Hall–Kier alpha value is -0.780. The van der Waals surface area contributed by atoms with Crippen LogP contribution >= 0.6 is 0 Å². The molecule has 0 heterocycles. The number of ketones is 1. The highest BCUT2D eigenvalue weighted by molar-refractivity contribution is 5.81. The predicted molar refractivity (Wildman–Crippen MR) is 169 cm³/mol. The largest absolute Gasteiger partial charge is 0.347 e. The molecule has 2 N–H and O–H groups in total. The van der Waals surface area contributed by atoms with Crippen LogP contribution in [0.1, 0.15) is 189 Å². The van der Waals surface area contributed by atoms with Gasteiger partial charge in [0.2, 0.25) is 6.23 Å². The van der Waals surface area contributed by atoms with Crippen LogP contribution in [0.15, 0.2) is 0 Å². The number of hydrogen-bond acceptors (Lipinski definition) is 4. The SMILES string of the molecule is CCCCCCCCCCCCCC(=O)C(C)C[N+](O)(C(=O)CCCCCCCCCCCCC)C(O)C(C)C. The molecule has 5 heteroatoms. The van der Waals surface area contributed by atoms with Gasteiger partial charge in [0, 0.05) is 12.3 Å². The quantitative estimate of drug-likeness (QED) is 0.0309. The minimum atomic E-state index is -1.21. The molecular weight excluding hydrogens is 498 g/mol. The maximum absolute atomic E-state index is 13.1. The number of unbranched alkanes of at least 4 members (excludes halogenated alkanes) is 20. The number of aliphatic hydroxyl groups excluding tert-OH is 1. The molecule has 0 fully saturated rings. The van der Waals surface area contributed by atoms with Gasteiger partial charge in [-0.15, -0.1) is 0 Å². The second-order valence-electron chi connectivity index (χ2n) is 13.0. The highest BCUT2D eigenvalue weighted by Gasteiger charge is 2.46. The van der Waals surface area contributed by atoms with Gasteiger partial charge < -0.3 is 5.11 Å². The summed E-state index contributed by atoms with van der Waals surface area (Å²) in [5.74, 6) is -1.000. The third kappa shape index (κ3) is 19.4. The average molecular weight is 569 g/mol. The van der Waals surface area contributed by atoms with Gasteiger partial charge in [0.1, 0.15) is 12.3 Å². The van der Waals surface area contributed by atoms with Gasteiger partial charge >= 0.3 is 5.91 Å². The number of hydrogen-bond donors (Lipinski definition) is 2. The van der Waals surface area contributed by atoms with Crippen molar-refractivity contribution < 1.29 is 24.5 Å². The Morgan fingerprint density at radius 3 is 1.23 bits per heavy atom. The first-order chi connectivity index (χ1) is 19.2. The van der Waals surface area contributed by atoms with E-state index >= 15 is 0 Å². The zero-order valence-electron chi connectivity index (χ0n) is 27.6. The van der Waals surface area contributed by atoms with Gasteiger partial charge in [0.25, 0.3) is 0 Å². The van der Waals surface area contributed by atoms with Crippen molar-refractivity contribution >= 4 is 11.7 Å². The lowest BCUT2D eigenvalue weighted by Gasteiger charge is -2.35. The molecule has 0 saturated carbocycles. The van der Waals surface area contributed by atoms with Crippen LogP contribution in [0.3, 0.4) is 0 Å². The molecule has 0 aliphatic rings. The van der Waals surface area contributed by atoms with Crippen molar-refractivity contribution in [3.8, 4) is 0 Å². The van der Waals surface area contributed by atoms with Crippen molar-refractivity contribution in [2.45, 2.75) is 195 Å². The molecule has 0 spiro atoms. The zero-order chi connectivity index (χ0) is 30.1. The van der Waals surface area contributed by atoms with Crippen LogP contribution in [0.4, 0.5) is 0 Å². The Morgan fingerprint density at radius 1 is 0.550 bits per heavy atom. The standard InChI is InChI=1S/C35H70NO4/c1-6-8-10-12-14-16-18-20-22-24-26-28-33(37)32(5)30-36(40,35(39)31(3)4)34(38)29-27-25-23-21-19-17-15-13-11-9-7-2/h31-32,35,39-40H,6-30H2,1-5H3/q+1. The fourth-order valence-corrected chi connectivity index (χ4v) is 5.71. The summed E-state index contributed by atoms with van der Waals surface area (Å²) in [6.07, 6.45) is 26.4. The number of quaternary nitrogens is 1. The molecule has 0 aromatic carbocycles. The molecule has 0 bridgehead atoms. The van der Waals surface area contributed by atoms with E-state index in [2.05, 4.69) is 13.8 Å². The van der Waals surface area contributed by atoms with Crippen LogP contribution < -0.4 is 0 Å². The first kappa shape index (κ1) is 39.2. The van der Waals surface area contributed by atoms with E-state index in [9.17, 15) is 19.9 Å². The normalized spacial score (nSPS) is 14.8. The molecule has 3 unspecified atom stereocenters. The van der Waals surface area contributed by atoms with Crippen LogP contribution in [0.2, 0.25) is 0 Å². The van der Waals surface area contributed by atoms with E-state index in [1.165, 1.54) is 109 Å². The van der Waals surface area contributed by atoms with E-state index in [-0.39, 0.29) is 30.6 Å². The van der Waals surface area contributed by atoms with E-state index in [1.807, 2.05) is 0 Å². The fourth-order valence-electron chi connectivity index (χ4n) is 5.71. The first-order valence-electron chi connectivity index (χ1n) is 17.5. The van der Waals surface area contributed by atoms with E-state index in [1.54, 1.807) is 20.8 Å². The number of nitrogens with zero attached hydrogens (tertiary/aromatic N) is 1. The molecule has 0 radical (unpaired) electrons. The molecule has 0 aromatic rings. The molecule has 40 heavy (non-hydrogen) atoms. The van der Waals surface area contributed by atoms with Gasteiger partial charge in [-0.05, 0) is 19.8 Å². The lowest BCUT2D eigenvalue weighted by Crippen LogP contribution is -2.61. The van der Waals surface area contributed by atoms with Crippen LogP contribution in [-0.4, -0.2) is 39.4 Å². The Balaban J connectivity index is 4.32. The summed E-state index contributed by atoms with van der Waals surface area (Å²) in [5, 5.41) is 22.1. The minimum Gasteiger partial charge on any atom is -0.342 e. The molecule has 0 rings (SSSR count). The van der Waals surface area contributed by atoms with Crippen molar-refractivity contribution in [2.75, 3.05) is 6.54 Å². The van der Waals surface area contributed by atoms with E-state index in [0.29, 0.717) is 6.42 Å². The van der Waals surface area contributed by atoms with Crippen LogP contribution in [-0.2, 0) is 9.59 Å². The van der Waals surface area contributed by atoms with E-state index in [4.69, 9.17) is 0 Å². The average Bonchev–Trinajstić information content (AvgIpc) is 2.93. The Morgan fingerprint density at radius 2 is 0.875 bits per heavy atom.